The molecule has 0 aromatic carbocycles. The van der Waals surface area contributed by atoms with Crippen LogP contribution in [0, 0.1) is 0 Å². The molecule has 2 N–H and O–H groups in total. The maximum atomic E-state index is 5.97. The zero-order chi connectivity index (χ0) is 12.3. The van der Waals surface area contributed by atoms with E-state index in [1.165, 1.54) is 4.88 Å². The van der Waals surface area contributed by atoms with Crippen LogP contribution in [0.5, 0.6) is 0 Å². The third-order valence-electron chi connectivity index (χ3n) is 3.43. The lowest BCUT2D eigenvalue weighted by Crippen LogP contribution is -2.45. The molecule has 0 aliphatic rings. The molecule has 1 aromatic rings. The summed E-state index contributed by atoms with van der Waals surface area (Å²) in [5.41, 5.74) is 6.04. The van der Waals surface area contributed by atoms with Crippen LogP contribution in [0.25, 0.3) is 0 Å². The second kappa shape index (κ2) is 5.50. The first kappa shape index (κ1) is 14.0. The van der Waals surface area contributed by atoms with Crippen LogP contribution < -0.4 is 5.73 Å². The standard InChI is InChI=1S/C12H21ClN2S/c1-5-12(2,3)15(4)10(7-14)11-6-9(13)8-16-11/h6,8,10H,5,7,14H2,1-4H3. The molecule has 4 heteroatoms. The Morgan fingerprint density at radius 1 is 1.56 bits per heavy atom. The smallest absolute Gasteiger partial charge is 0.0566 e. The van der Waals surface area contributed by atoms with Crippen molar-refractivity contribution in [3.8, 4) is 0 Å². The fraction of sp³-hybridized carbons (Fsp3) is 0.667. The molecule has 1 unspecified atom stereocenters. The highest BCUT2D eigenvalue weighted by Crippen LogP contribution is 2.32. The molecule has 0 saturated carbocycles. The average Bonchev–Trinajstić information content (AvgIpc) is 2.66. The predicted octanol–water partition coefficient (Wildman–Crippen LogP) is 3.52. The minimum absolute atomic E-state index is 0.153. The molecule has 0 saturated heterocycles. The van der Waals surface area contributed by atoms with Gasteiger partial charge in [0.2, 0.25) is 0 Å². The SMILES string of the molecule is CCC(C)(C)N(C)C(CN)c1cc(Cl)cs1. The topological polar surface area (TPSA) is 29.3 Å². The van der Waals surface area contributed by atoms with Gasteiger partial charge in [0.15, 0.2) is 0 Å². The van der Waals surface area contributed by atoms with Gasteiger partial charge in [-0.1, -0.05) is 18.5 Å². The van der Waals surface area contributed by atoms with Gasteiger partial charge in [-0.2, -0.15) is 0 Å². The van der Waals surface area contributed by atoms with E-state index < -0.39 is 0 Å². The Balaban J connectivity index is 2.90. The van der Waals surface area contributed by atoms with E-state index in [0.717, 1.165) is 11.4 Å². The molecule has 0 bridgehead atoms. The molecular weight excluding hydrogens is 240 g/mol. The lowest BCUT2D eigenvalue weighted by molar-refractivity contribution is 0.102. The highest BCUT2D eigenvalue weighted by molar-refractivity contribution is 7.10. The van der Waals surface area contributed by atoms with E-state index in [9.17, 15) is 0 Å². The predicted molar refractivity (Wildman–Crippen MR) is 73.3 cm³/mol. The van der Waals surface area contributed by atoms with Gasteiger partial charge in [0, 0.05) is 22.3 Å². The van der Waals surface area contributed by atoms with Crippen molar-refractivity contribution in [2.45, 2.75) is 38.8 Å². The highest BCUT2D eigenvalue weighted by Gasteiger charge is 2.28. The fourth-order valence-corrected chi connectivity index (χ4v) is 2.88. The molecule has 1 atom stereocenters. The van der Waals surface area contributed by atoms with E-state index in [0.29, 0.717) is 6.54 Å². The van der Waals surface area contributed by atoms with Gasteiger partial charge in [-0.15, -0.1) is 11.3 Å². The monoisotopic (exact) mass is 260 g/mol. The summed E-state index contributed by atoms with van der Waals surface area (Å²) < 4.78 is 0. The summed E-state index contributed by atoms with van der Waals surface area (Å²) in [7, 11) is 2.13. The number of hydrogen-bond donors (Lipinski definition) is 1. The zero-order valence-corrected chi connectivity index (χ0v) is 12.0. The van der Waals surface area contributed by atoms with Crippen LogP contribution in [0.1, 0.15) is 38.1 Å². The summed E-state index contributed by atoms with van der Waals surface area (Å²) in [6, 6.07) is 2.28. The van der Waals surface area contributed by atoms with Crippen molar-refractivity contribution in [1.29, 1.82) is 0 Å². The Labute approximate surface area is 107 Å². The molecule has 92 valence electrons. The highest BCUT2D eigenvalue weighted by atomic mass is 35.5. The van der Waals surface area contributed by atoms with Gasteiger partial charge in [-0.3, -0.25) is 4.90 Å². The van der Waals surface area contributed by atoms with Crippen LogP contribution in [0.4, 0.5) is 0 Å². The zero-order valence-electron chi connectivity index (χ0n) is 10.5. The fourth-order valence-electron chi connectivity index (χ4n) is 1.64. The number of likely N-dealkylation sites (N-methyl/N-ethyl adjacent to an activating group) is 1. The summed E-state index contributed by atoms with van der Waals surface area (Å²) in [6.45, 7) is 7.30. The number of hydrogen-bond acceptors (Lipinski definition) is 3. The summed E-state index contributed by atoms with van der Waals surface area (Å²) in [5.74, 6) is 0. The molecular formula is C12H21ClN2S. The molecule has 0 aliphatic carbocycles. The number of nitrogens with two attached hydrogens (primary N) is 1. The number of thiophene rings is 1. The minimum atomic E-state index is 0.153. The van der Waals surface area contributed by atoms with E-state index >= 15 is 0 Å². The summed E-state index contributed by atoms with van der Waals surface area (Å²) >= 11 is 7.65. The average molecular weight is 261 g/mol. The van der Waals surface area contributed by atoms with Gasteiger partial charge in [0.25, 0.3) is 0 Å². The van der Waals surface area contributed by atoms with Crippen molar-refractivity contribution < 1.29 is 0 Å². The Hall–Kier alpha value is -0.0900. The van der Waals surface area contributed by atoms with E-state index in [2.05, 4.69) is 32.7 Å². The first-order valence-corrected chi connectivity index (χ1v) is 6.85. The van der Waals surface area contributed by atoms with E-state index in [1.54, 1.807) is 11.3 Å². The van der Waals surface area contributed by atoms with E-state index in [1.807, 2.05) is 11.4 Å². The first-order valence-electron chi connectivity index (χ1n) is 5.59. The van der Waals surface area contributed by atoms with Crippen LogP contribution >= 0.6 is 22.9 Å². The Morgan fingerprint density at radius 2 is 2.19 bits per heavy atom. The normalized spacial score (nSPS) is 14.4. The molecule has 1 rings (SSSR count). The molecule has 0 fully saturated rings. The third-order valence-corrected chi connectivity index (χ3v) is 4.81. The quantitative estimate of drug-likeness (QED) is 0.878. The van der Waals surface area contributed by atoms with E-state index in [4.69, 9.17) is 17.3 Å². The van der Waals surface area contributed by atoms with Crippen LogP contribution in [0.3, 0.4) is 0 Å². The maximum Gasteiger partial charge on any atom is 0.0566 e. The van der Waals surface area contributed by atoms with Crippen molar-refractivity contribution in [1.82, 2.24) is 4.90 Å². The Morgan fingerprint density at radius 3 is 2.56 bits per heavy atom. The molecule has 0 spiro atoms. The van der Waals surface area contributed by atoms with Crippen LogP contribution in [0.15, 0.2) is 11.4 Å². The summed E-state index contributed by atoms with van der Waals surface area (Å²) in [5, 5.41) is 2.77. The van der Waals surface area contributed by atoms with Gasteiger partial charge in [0.1, 0.15) is 0 Å². The van der Waals surface area contributed by atoms with Gasteiger partial charge in [0.05, 0.1) is 11.1 Å². The molecule has 2 nitrogen and oxygen atoms in total. The Bertz CT molecular complexity index is 336. The van der Waals surface area contributed by atoms with Crippen molar-refractivity contribution >= 4 is 22.9 Å². The molecule has 0 amide bonds. The van der Waals surface area contributed by atoms with Gasteiger partial charge >= 0.3 is 0 Å². The van der Waals surface area contributed by atoms with Crippen LogP contribution in [0.2, 0.25) is 5.02 Å². The maximum absolute atomic E-state index is 5.97. The number of halogens is 1. The van der Waals surface area contributed by atoms with Gasteiger partial charge in [-0.25, -0.2) is 0 Å². The van der Waals surface area contributed by atoms with E-state index in [-0.39, 0.29) is 11.6 Å². The third kappa shape index (κ3) is 2.98. The number of rotatable bonds is 5. The van der Waals surface area contributed by atoms with Gasteiger partial charge < -0.3 is 5.73 Å². The molecule has 0 radical (unpaired) electrons. The molecule has 1 heterocycles. The van der Waals surface area contributed by atoms with Crippen molar-refractivity contribution in [3.63, 3.8) is 0 Å². The van der Waals surface area contributed by atoms with Gasteiger partial charge in [-0.05, 0) is 33.4 Å². The second-order valence-corrected chi connectivity index (χ2v) is 6.07. The first-order chi connectivity index (χ1) is 7.42. The minimum Gasteiger partial charge on any atom is -0.329 e. The van der Waals surface area contributed by atoms with Crippen LogP contribution in [-0.2, 0) is 0 Å². The van der Waals surface area contributed by atoms with Crippen molar-refractivity contribution in [3.05, 3.63) is 21.3 Å². The van der Waals surface area contributed by atoms with Crippen LogP contribution in [-0.4, -0.2) is 24.0 Å². The second-order valence-electron chi connectivity index (χ2n) is 4.70. The molecule has 1 aromatic heterocycles. The van der Waals surface area contributed by atoms with Crippen molar-refractivity contribution in [2.24, 2.45) is 5.73 Å². The lowest BCUT2D eigenvalue weighted by Gasteiger charge is -2.40. The molecule has 16 heavy (non-hydrogen) atoms. The largest absolute Gasteiger partial charge is 0.329 e. The molecule has 0 aliphatic heterocycles. The summed E-state index contributed by atoms with van der Waals surface area (Å²) in [6.07, 6.45) is 1.10. The number of nitrogens with zero attached hydrogens (tertiary/aromatic N) is 1. The lowest BCUT2D eigenvalue weighted by atomic mass is 9.97. The Kier molecular flexibility index (Phi) is 4.80. The summed E-state index contributed by atoms with van der Waals surface area (Å²) in [4.78, 5) is 3.59. The van der Waals surface area contributed by atoms with Crippen molar-refractivity contribution in [2.75, 3.05) is 13.6 Å².